The Bertz CT molecular complexity index is 978. The number of rotatable bonds is 10. The van der Waals surface area contributed by atoms with Gasteiger partial charge >= 0.3 is 0 Å². The average Bonchev–Trinajstić information content (AvgIpc) is 3.27. The second-order valence-electron chi connectivity index (χ2n) is 7.87. The largest absolute Gasteiger partial charge is 0.497 e. The number of methoxy groups -OCH3 is 1. The van der Waals surface area contributed by atoms with E-state index in [0.29, 0.717) is 6.54 Å². The first-order valence-corrected chi connectivity index (χ1v) is 11.1. The molecule has 3 aromatic rings. The summed E-state index contributed by atoms with van der Waals surface area (Å²) in [4.78, 5) is 7.07. The van der Waals surface area contributed by atoms with Gasteiger partial charge in [0.15, 0.2) is 5.96 Å². The number of nitrogens with one attached hydrogen (secondary N) is 1. The maximum absolute atomic E-state index is 5.24. The summed E-state index contributed by atoms with van der Waals surface area (Å²) in [5, 5.41) is 11.7. The Morgan fingerprint density at radius 2 is 1.81 bits per heavy atom. The second kappa shape index (κ2) is 11.9. The van der Waals surface area contributed by atoms with Gasteiger partial charge in [-0.05, 0) is 36.6 Å². The minimum absolute atomic E-state index is 0.708. The normalized spacial score (nSPS) is 11.4. The van der Waals surface area contributed by atoms with Gasteiger partial charge in [-0.25, -0.2) is 0 Å². The van der Waals surface area contributed by atoms with Crippen LogP contribution in [0.25, 0.3) is 0 Å². The monoisotopic (exact) mass is 434 g/mol. The van der Waals surface area contributed by atoms with Gasteiger partial charge in [-0.15, -0.1) is 10.2 Å². The first-order chi connectivity index (χ1) is 15.6. The van der Waals surface area contributed by atoms with E-state index in [1.54, 1.807) is 13.4 Å². The number of hydrogen-bond acceptors (Lipinski definition) is 4. The van der Waals surface area contributed by atoms with Crippen molar-refractivity contribution in [2.75, 3.05) is 27.2 Å². The van der Waals surface area contributed by atoms with Crippen molar-refractivity contribution in [1.29, 1.82) is 0 Å². The van der Waals surface area contributed by atoms with E-state index < -0.39 is 0 Å². The van der Waals surface area contributed by atoms with Crippen molar-refractivity contribution in [1.82, 2.24) is 25.0 Å². The zero-order valence-corrected chi connectivity index (χ0v) is 19.6. The maximum atomic E-state index is 5.24. The van der Waals surface area contributed by atoms with Crippen LogP contribution in [-0.4, -0.2) is 52.9 Å². The molecule has 7 heteroatoms. The molecule has 0 aliphatic rings. The standard InChI is InChI=1S/C25H34N6O/c1-5-24-29-28-19-31(24)17-16-27-25(30(3)18-22-8-6-20(2)7-9-22)26-15-14-21-10-12-23(32-4)13-11-21/h6-13,19H,5,14-18H2,1-4H3,(H,26,27). The zero-order valence-electron chi connectivity index (χ0n) is 19.6. The molecule has 1 aromatic heterocycles. The lowest BCUT2D eigenvalue weighted by atomic mass is 10.1. The van der Waals surface area contributed by atoms with Gasteiger partial charge in [0.2, 0.25) is 0 Å². The van der Waals surface area contributed by atoms with E-state index in [9.17, 15) is 0 Å². The first-order valence-electron chi connectivity index (χ1n) is 11.1. The van der Waals surface area contributed by atoms with Crippen LogP contribution < -0.4 is 10.1 Å². The molecule has 7 nitrogen and oxygen atoms in total. The van der Waals surface area contributed by atoms with E-state index in [0.717, 1.165) is 50.0 Å². The van der Waals surface area contributed by atoms with Gasteiger partial charge in [0.05, 0.1) is 7.11 Å². The third kappa shape index (κ3) is 6.83. The number of aromatic nitrogens is 3. The lowest BCUT2D eigenvalue weighted by Gasteiger charge is -2.23. The summed E-state index contributed by atoms with van der Waals surface area (Å²) < 4.78 is 7.33. The Hall–Kier alpha value is -3.35. The quantitative estimate of drug-likeness (QED) is 0.391. The highest BCUT2D eigenvalue weighted by molar-refractivity contribution is 5.79. The van der Waals surface area contributed by atoms with Gasteiger partial charge < -0.3 is 19.5 Å². The molecule has 0 unspecified atom stereocenters. The van der Waals surface area contributed by atoms with E-state index in [-0.39, 0.29) is 0 Å². The Labute approximate surface area is 191 Å². The van der Waals surface area contributed by atoms with E-state index in [4.69, 9.17) is 9.73 Å². The van der Waals surface area contributed by atoms with Crippen LogP contribution in [0.4, 0.5) is 0 Å². The lowest BCUT2D eigenvalue weighted by molar-refractivity contribution is 0.414. The smallest absolute Gasteiger partial charge is 0.194 e. The number of hydrogen-bond donors (Lipinski definition) is 1. The summed E-state index contributed by atoms with van der Waals surface area (Å²) in [6.07, 6.45) is 3.53. The van der Waals surface area contributed by atoms with E-state index >= 15 is 0 Å². The second-order valence-corrected chi connectivity index (χ2v) is 7.87. The molecular weight excluding hydrogens is 400 g/mol. The van der Waals surface area contributed by atoms with Crippen LogP contribution in [-0.2, 0) is 25.9 Å². The summed E-state index contributed by atoms with van der Waals surface area (Å²) in [7, 11) is 3.76. The Kier molecular flexibility index (Phi) is 8.66. The Morgan fingerprint density at radius 1 is 1.09 bits per heavy atom. The molecule has 0 radical (unpaired) electrons. The molecule has 0 spiro atoms. The maximum Gasteiger partial charge on any atom is 0.194 e. The number of ether oxygens (including phenoxy) is 1. The molecule has 0 fully saturated rings. The van der Waals surface area contributed by atoms with E-state index in [2.05, 4.69) is 82.3 Å². The summed E-state index contributed by atoms with van der Waals surface area (Å²) >= 11 is 0. The molecule has 0 saturated heterocycles. The fourth-order valence-electron chi connectivity index (χ4n) is 3.46. The predicted molar refractivity (Wildman–Crippen MR) is 129 cm³/mol. The van der Waals surface area contributed by atoms with Gasteiger partial charge in [0.1, 0.15) is 17.9 Å². The number of nitrogens with zero attached hydrogens (tertiary/aromatic N) is 5. The van der Waals surface area contributed by atoms with Crippen molar-refractivity contribution in [3.63, 3.8) is 0 Å². The molecule has 0 bridgehead atoms. The van der Waals surface area contributed by atoms with E-state index in [1.807, 2.05) is 12.1 Å². The third-order valence-electron chi connectivity index (χ3n) is 5.37. The summed E-state index contributed by atoms with van der Waals surface area (Å²) in [6.45, 7) is 7.25. The van der Waals surface area contributed by atoms with Gasteiger partial charge in [-0.1, -0.05) is 48.9 Å². The third-order valence-corrected chi connectivity index (χ3v) is 5.37. The van der Waals surface area contributed by atoms with Crippen LogP contribution in [0.15, 0.2) is 59.9 Å². The molecule has 0 saturated carbocycles. The molecule has 0 aliphatic heterocycles. The van der Waals surface area contributed by atoms with Crippen LogP contribution >= 0.6 is 0 Å². The fourth-order valence-corrected chi connectivity index (χ4v) is 3.46. The predicted octanol–water partition coefficient (Wildman–Crippen LogP) is 3.48. The lowest BCUT2D eigenvalue weighted by Crippen LogP contribution is -2.40. The average molecular weight is 435 g/mol. The molecule has 2 aromatic carbocycles. The van der Waals surface area contributed by atoms with Crippen molar-refractivity contribution >= 4 is 5.96 Å². The SMILES string of the molecule is CCc1nncn1CCNC(=NCCc1ccc(OC)cc1)N(C)Cc1ccc(C)cc1. The highest BCUT2D eigenvalue weighted by Gasteiger charge is 2.08. The fraction of sp³-hybridized carbons (Fsp3) is 0.400. The minimum atomic E-state index is 0.708. The van der Waals surface area contributed by atoms with Gasteiger partial charge in [-0.2, -0.15) is 0 Å². The van der Waals surface area contributed by atoms with Crippen LogP contribution in [0.1, 0.15) is 29.4 Å². The number of benzene rings is 2. The molecule has 1 heterocycles. The Balaban J connectivity index is 1.63. The van der Waals surface area contributed by atoms with Crippen LogP contribution in [0.3, 0.4) is 0 Å². The van der Waals surface area contributed by atoms with Crippen LogP contribution in [0.2, 0.25) is 0 Å². The summed E-state index contributed by atoms with van der Waals surface area (Å²) in [5.41, 5.74) is 3.77. The van der Waals surface area contributed by atoms with Crippen molar-refractivity contribution in [3.05, 3.63) is 77.4 Å². The molecule has 170 valence electrons. The molecule has 0 atom stereocenters. The topological polar surface area (TPSA) is 67.6 Å². The van der Waals surface area contributed by atoms with Crippen molar-refractivity contribution < 1.29 is 4.74 Å². The summed E-state index contributed by atoms with van der Waals surface area (Å²) in [6, 6.07) is 16.8. The van der Waals surface area contributed by atoms with Crippen LogP contribution in [0, 0.1) is 6.92 Å². The van der Waals surface area contributed by atoms with Crippen molar-refractivity contribution in [2.45, 2.75) is 39.8 Å². The van der Waals surface area contributed by atoms with Gasteiger partial charge in [0.25, 0.3) is 0 Å². The van der Waals surface area contributed by atoms with Crippen molar-refractivity contribution in [2.24, 2.45) is 4.99 Å². The molecule has 0 aliphatic carbocycles. The molecule has 32 heavy (non-hydrogen) atoms. The van der Waals surface area contributed by atoms with Gasteiger partial charge in [0, 0.05) is 39.6 Å². The van der Waals surface area contributed by atoms with Gasteiger partial charge in [-0.3, -0.25) is 4.99 Å². The Morgan fingerprint density at radius 3 is 2.50 bits per heavy atom. The minimum Gasteiger partial charge on any atom is -0.497 e. The number of guanidine groups is 1. The molecule has 1 N–H and O–H groups in total. The van der Waals surface area contributed by atoms with Crippen molar-refractivity contribution in [3.8, 4) is 5.75 Å². The highest BCUT2D eigenvalue weighted by atomic mass is 16.5. The first kappa shape index (κ1) is 23.3. The molecular formula is C25H34N6O. The van der Waals surface area contributed by atoms with Crippen LogP contribution in [0.5, 0.6) is 5.75 Å². The molecule has 0 amide bonds. The molecule has 3 rings (SSSR count). The highest BCUT2D eigenvalue weighted by Crippen LogP contribution is 2.12. The number of aliphatic imine (C=N–C) groups is 1. The van der Waals surface area contributed by atoms with E-state index in [1.165, 1.54) is 16.7 Å². The number of aryl methyl sites for hydroxylation is 2. The zero-order chi connectivity index (χ0) is 22.8. The summed E-state index contributed by atoms with van der Waals surface area (Å²) in [5.74, 6) is 2.76.